The molecule has 0 radical (unpaired) electrons. The Balaban J connectivity index is 2.46. The zero-order valence-corrected chi connectivity index (χ0v) is 11.7. The van der Waals surface area contributed by atoms with E-state index in [1.54, 1.807) is 0 Å². The Morgan fingerprint density at radius 2 is 1.89 bits per heavy atom. The van der Waals surface area contributed by atoms with Gasteiger partial charge in [0, 0.05) is 17.1 Å². The molecule has 5 heteroatoms. The van der Waals surface area contributed by atoms with E-state index in [-0.39, 0.29) is 9.99 Å². The molecular weight excluding hydrogens is 324 g/mol. The lowest BCUT2D eigenvalue weighted by molar-refractivity contribution is 0.585. The van der Waals surface area contributed by atoms with Crippen molar-refractivity contribution in [2.24, 2.45) is 0 Å². The van der Waals surface area contributed by atoms with Crippen LogP contribution >= 0.6 is 27.5 Å². The van der Waals surface area contributed by atoms with E-state index in [9.17, 15) is 8.78 Å². The molecule has 0 aliphatic heterocycles. The molecule has 1 aromatic carbocycles. The van der Waals surface area contributed by atoms with E-state index in [1.807, 2.05) is 0 Å². The number of hydrogen-bond donors (Lipinski definition) is 0. The highest BCUT2D eigenvalue weighted by Gasteiger charge is 2.21. The summed E-state index contributed by atoms with van der Waals surface area (Å²) in [4.78, 5) is 4.32. The SMILES string of the molecule is Fc1cc(F)c2nc3c(c(Cl)c2c1Br)CCCC3. The van der Waals surface area contributed by atoms with Gasteiger partial charge in [0.1, 0.15) is 11.3 Å². The Morgan fingerprint density at radius 3 is 2.67 bits per heavy atom. The van der Waals surface area contributed by atoms with E-state index in [1.165, 1.54) is 0 Å². The van der Waals surface area contributed by atoms with Crippen molar-refractivity contribution in [1.82, 2.24) is 4.98 Å². The van der Waals surface area contributed by atoms with Gasteiger partial charge < -0.3 is 0 Å². The van der Waals surface area contributed by atoms with Crippen LogP contribution in [0.1, 0.15) is 24.1 Å². The topological polar surface area (TPSA) is 12.9 Å². The van der Waals surface area contributed by atoms with Gasteiger partial charge in [0.2, 0.25) is 0 Å². The highest BCUT2D eigenvalue weighted by molar-refractivity contribution is 9.10. The van der Waals surface area contributed by atoms with E-state index in [4.69, 9.17) is 11.6 Å². The molecule has 0 saturated heterocycles. The highest BCUT2D eigenvalue weighted by Crippen LogP contribution is 2.38. The molecule has 0 spiro atoms. The van der Waals surface area contributed by atoms with Crippen molar-refractivity contribution < 1.29 is 8.78 Å². The summed E-state index contributed by atoms with van der Waals surface area (Å²) in [6.07, 6.45) is 3.70. The van der Waals surface area contributed by atoms with Gasteiger partial charge >= 0.3 is 0 Å². The average molecular weight is 333 g/mol. The summed E-state index contributed by atoms with van der Waals surface area (Å²) in [5.74, 6) is -1.32. The van der Waals surface area contributed by atoms with Gasteiger partial charge in [0.25, 0.3) is 0 Å². The molecule has 1 aromatic heterocycles. The van der Waals surface area contributed by atoms with Crippen LogP contribution in [0, 0.1) is 11.6 Å². The van der Waals surface area contributed by atoms with Gasteiger partial charge in [-0.1, -0.05) is 11.6 Å². The molecule has 18 heavy (non-hydrogen) atoms. The molecule has 1 nitrogen and oxygen atoms in total. The number of hydrogen-bond acceptors (Lipinski definition) is 1. The van der Waals surface area contributed by atoms with Crippen LogP contribution in [-0.2, 0) is 12.8 Å². The number of aryl methyl sites for hydroxylation is 1. The van der Waals surface area contributed by atoms with Crippen molar-refractivity contribution >= 4 is 38.4 Å². The smallest absolute Gasteiger partial charge is 0.152 e. The van der Waals surface area contributed by atoms with Crippen LogP contribution in [-0.4, -0.2) is 4.98 Å². The van der Waals surface area contributed by atoms with Gasteiger partial charge in [0.05, 0.1) is 9.50 Å². The second-order valence-electron chi connectivity index (χ2n) is 4.44. The van der Waals surface area contributed by atoms with Gasteiger partial charge in [-0.25, -0.2) is 13.8 Å². The minimum Gasteiger partial charge on any atom is -0.249 e. The second-order valence-corrected chi connectivity index (χ2v) is 5.61. The zero-order valence-electron chi connectivity index (χ0n) is 9.36. The molecule has 94 valence electrons. The van der Waals surface area contributed by atoms with Crippen LogP contribution in [0.4, 0.5) is 8.78 Å². The third-order valence-electron chi connectivity index (χ3n) is 3.32. The van der Waals surface area contributed by atoms with Gasteiger partial charge in [-0.15, -0.1) is 0 Å². The Morgan fingerprint density at radius 1 is 1.17 bits per heavy atom. The van der Waals surface area contributed by atoms with Gasteiger partial charge in [-0.05, 0) is 47.2 Å². The molecule has 1 aliphatic rings. The predicted octanol–water partition coefficient (Wildman–Crippen LogP) is 4.81. The molecule has 0 atom stereocenters. The van der Waals surface area contributed by atoms with Gasteiger partial charge in [-0.2, -0.15) is 0 Å². The van der Waals surface area contributed by atoms with Crippen molar-refractivity contribution in [2.75, 3.05) is 0 Å². The van der Waals surface area contributed by atoms with Crippen LogP contribution in [0.15, 0.2) is 10.5 Å². The van der Waals surface area contributed by atoms with Crippen molar-refractivity contribution in [1.29, 1.82) is 0 Å². The first-order chi connectivity index (χ1) is 8.59. The fourth-order valence-electron chi connectivity index (χ4n) is 2.43. The van der Waals surface area contributed by atoms with Crippen molar-refractivity contribution in [3.63, 3.8) is 0 Å². The molecular formula is C13H9BrClF2N. The maximum atomic E-state index is 13.8. The van der Waals surface area contributed by atoms with Crippen LogP contribution in [0.25, 0.3) is 10.9 Å². The number of halogens is 4. The molecule has 0 N–H and O–H groups in total. The summed E-state index contributed by atoms with van der Waals surface area (Å²) >= 11 is 9.43. The lowest BCUT2D eigenvalue weighted by atomic mass is 9.94. The monoisotopic (exact) mass is 331 g/mol. The van der Waals surface area contributed by atoms with Crippen LogP contribution < -0.4 is 0 Å². The molecule has 1 aliphatic carbocycles. The van der Waals surface area contributed by atoms with E-state index in [2.05, 4.69) is 20.9 Å². The predicted molar refractivity (Wildman–Crippen MR) is 71.0 cm³/mol. The molecule has 0 fully saturated rings. The molecule has 3 rings (SSSR count). The van der Waals surface area contributed by atoms with Crippen molar-refractivity contribution in [3.8, 4) is 0 Å². The van der Waals surface area contributed by atoms with E-state index >= 15 is 0 Å². The number of fused-ring (bicyclic) bond motifs is 2. The Hall–Kier alpha value is -0.740. The molecule has 0 unspecified atom stereocenters. The molecule has 0 saturated carbocycles. The summed E-state index contributed by atoms with van der Waals surface area (Å²) in [5.41, 5.74) is 1.92. The first kappa shape index (κ1) is 12.3. The zero-order chi connectivity index (χ0) is 12.9. The van der Waals surface area contributed by atoms with Crippen molar-refractivity contribution in [2.45, 2.75) is 25.7 Å². The quantitative estimate of drug-likeness (QED) is 0.631. The number of benzene rings is 1. The van der Waals surface area contributed by atoms with E-state index in [0.717, 1.165) is 43.0 Å². The Kier molecular flexibility index (Phi) is 3.02. The lowest BCUT2D eigenvalue weighted by Gasteiger charge is -2.18. The number of aromatic nitrogens is 1. The van der Waals surface area contributed by atoms with Crippen molar-refractivity contribution in [3.05, 3.63) is 38.5 Å². The summed E-state index contributed by atoms with van der Waals surface area (Å²) in [5, 5.41) is 0.773. The summed E-state index contributed by atoms with van der Waals surface area (Å²) in [7, 11) is 0. The molecule has 2 aromatic rings. The average Bonchev–Trinajstić information content (AvgIpc) is 2.36. The third kappa shape index (κ3) is 1.74. The van der Waals surface area contributed by atoms with E-state index < -0.39 is 11.6 Å². The second kappa shape index (κ2) is 4.42. The van der Waals surface area contributed by atoms with Crippen LogP contribution in [0.5, 0.6) is 0 Å². The summed E-state index contributed by atoms with van der Waals surface area (Å²) < 4.78 is 27.5. The first-order valence-electron chi connectivity index (χ1n) is 5.74. The summed E-state index contributed by atoms with van der Waals surface area (Å²) in [6, 6.07) is 0.838. The third-order valence-corrected chi connectivity index (χ3v) is 4.51. The number of nitrogens with zero attached hydrogens (tertiary/aromatic N) is 1. The standard InChI is InChI=1S/C13H9BrClF2N/c14-11-7(16)5-8(17)13-10(11)12(15)6-3-1-2-4-9(6)18-13/h5H,1-4H2. The maximum Gasteiger partial charge on any atom is 0.152 e. The fraction of sp³-hybridized carbons (Fsp3) is 0.308. The normalized spacial score (nSPS) is 14.9. The lowest BCUT2D eigenvalue weighted by Crippen LogP contribution is -2.07. The first-order valence-corrected chi connectivity index (χ1v) is 6.91. The summed E-state index contributed by atoms with van der Waals surface area (Å²) in [6.45, 7) is 0. The largest absolute Gasteiger partial charge is 0.249 e. The van der Waals surface area contributed by atoms with E-state index in [0.29, 0.717) is 10.4 Å². The fourth-order valence-corrected chi connectivity index (χ4v) is 3.43. The van der Waals surface area contributed by atoms with Gasteiger partial charge in [0.15, 0.2) is 5.82 Å². The number of pyridine rings is 1. The minimum absolute atomic E-state index is 0.147. The molecule has 0 amide bonds. The molecule has 0 bridgehead atoms. The Labute approximate surface area is 116 Å². The highest BCUT2D eigenvalue weighted by atomic mass is 79.9. The minimum atomic E-state index is -0.666. The number of rotatable bonds is 0. The van der Waals surface area contributed by atoms with Gasteiger partial charge in [-0.3, -0.25) is 0 Å². The van der Waals surface area contributed by atoms with Crippen LogP contribution in [0.2, 0.25) is 5.02 Å². The Bertz CT molecular complexity index is 657. The van der Waals surface area contributed by atoms with Crippen LogP contribution in [0.3, 0.4) is 0 Å². The molecule has 1 heterocycles. The maximum absolute atomic E-state index is 13.8.